The number of nitrogens with zero attached hydrogens (tertiary/aromatic N) is 1. The normalized spacial score (nSPS) is 17.4. The maximum absolute atomic E-state index is 10.6. The molecule has 1 unspecified atom stereocenters. The van der Waals surface area contributed by atoms with Crippen LogP contribution in [0.5, 0.6) is 11.5 Å². The van der Waals surface area contributed by atoms with Crippen molar-refractivity contribution >= 4 is 17.1 Å². The van der Waals surface area contributed by atoms with Gasteiger partial charge in [-0.25, -0.2) is 0 Å². The lowest BCUT2D eigenvalue weighted by molar-refractivity contribution is 0.355. The second-order valence-electron chi connectivity index (χ2n) is 5.56. The van der Waals surface area contributed by atoms with Crippen LogP contribution in [0, 0.1) is 5.41 Å². The van der Waals surface area contributed by atoms with E-state index < -0.39 is 0 Å². The number of nitrogens with one attached hydrogen (secondary N) is 1. The first kappa shape index (κ1) is 15.9. The van der Waals surface area contributed by atoms with Gasteiger partial charge >= 0.3 is 0 Å². The molecule has 0 saturated carbocycles. The number of aliphatic hydroxyl groups is 1. The van der Waals surface area contributed by atoms with Crippen molar-refractivity contribution in [1.82, 2.24) is 0 Å². The lowest BCUT2D eigenvalue weighted by Gasteiger charge is -2.24. The van der Waals surface area contributed by atoms with E-state index in [2.05, 4.69) is 0 Å². The molecule has 2 N–H and O–H groups in total. The number of benzene rings is 2. The quantitative estimate of drug-likeness (QED) is 0.896. The molecular formula is C19H20N2O3. The van der Waals surface area contributed by atoms with E-state index in [1.807, 2.05) is 43.3 Å². The zero-order chi connectivity index (χ0) is 17.3. The van der Waals surface area contributed by atoms with Crippen LogP contribution in [0.15, 0.2) is 54.3 Å². The largest absolute Gasteiger partial charge is 0.509 e. The van der Waals surface area contributed by atoms with E-state index in [0.717, 1.165) is 11.3 Å². The minimum absolute atomic E-state index is 0.177. The zero-order valence-corrected chi connectivity index (χ0v) is 13.9. The Bertz CT molecular complexity index is 800. The van der Waals surface area contributed by atoms with Crippen LogP contribution in [0.1, 0.15) is 12.5 Å². The molecule has 0 spiro atoms. The molecule has 1 heterocycles. The van der Waals surface area contributed by atoms with Crippen molar-refractivity contribution < 1.29 is 14.6 Å². The average Bonchev–Trinajstić information content (AvgIpc) is 2.84. The lowest BCUT2D eigenvalue weighted by Crippen LogP contribution is -2.33. The third-order valence-corrected chi connectivity index (χ3v) is 4.22. The number of hydrogen-bond donors (Lipinski definition) is 2. The van der Waals surface area contributed by atoms with Gasteiger partial charge in [0.25, 0.3) is 0 Å². The molecule has 5 heteroatoms. The third-order valence-electron chi connectivity index (χ3n) is 4.22. The van der Waals surface area contributed by atoms with Gasteiger partial charge in [0.05, 0.1) is 25.8 Å². The minimum atomic E-state index is -0.303. The van der Waals surface area contributed by atoms with E-state index in [1.54, 1.807) is 31.3 Å². The number of hydrogen-bond acceptors (Lipinski definition) is 4. The summed E-state index contributed by atoms with van der Waals surface area (Å²) in [5.74, 6) is 1.61. The minimum Gasteiger partial charge on any atom is -0.509 e. The first-order valence-electron chi connectivity index (χ1n) is 7.67. The maximum atomic E-state index is 10.6. The fourth-order valence-electron chi connectivity index (χ4n) is 2.98. The lowest BCUT2D eigenvalue weighted by atomic mass is 10.0. The summed E-state index contributed by atoms with van der Waals surface area (Å²) in [4.78, 5) is 1.81. The number of methoxy groups -OCH3 is 2. The molecule has 124 valence electrons. The van der Waals surface area contributed by atoms with Crippen molar-refractivity contribution in [2.75, 3.05) is 19.1 Å². The van der Waals surface area contributed by atoms with Crippen LogP contribution in [0.25, 0.3) is 5.57 Å². The van der Waals surface area contributed by atoms with Crippen LogP contribution < -0.4 is 14.4 Å². The van der Waals surface area contributed by atoms with Gasteiger partial charge in [-0.3, -0.25) is 5.41 Å². The monoisotopic (exact) mass is 324 g/mol. The first-order chi connectivity index (χ1) is 11.6. The summed E-state index contributed by atoms with van der Waals surface area (Å²) < 4.78 is 10.6. The third kappa shape index (κ3) is 2.48. The highest BCUT2D eigenvalue weighted by atomic mass is 16.5. The summed E-state index contributed by atoms with van der Waals surface area (Å²) in [5.41, 5.74) is 2.10. The molecule has 5 nitrogen and oxygen atoms in total. The Morgan fingerprint density at radius 1 is 1.00 bits per heavy atom. The van der Waals surface area contributed by atoms with Crippen molar-refractivity contribution in [2.45, 2.75) is 13.0 Å². The molecule has 0 fully saturated rings. The Morgan fingerprint density at radius 2 is 1.67 bits per heavy atom. The van der Waals surface area contributed by atoms with Gasteiger partial charge in [0.2, 0.25) is 0 Å². The second kappa shape index (κ2) is 6.28. The Balaban J connectivity index is 2.04. The predicted molar refractivity (Wildman–Crippen MR) is 95.2 cm³/mol. The molecule has 1 aliphatic rings. The highest BCUT2D eigenvalue weighted by molar-refractivity contribution is 6.31. The highest BCUT2D eigenvalue weighted by Gasteiger charge is 2.35. The summed E-state index contributed by atoms with van der Waals surface area (Å²) in [6, 6.07) is 14.7. The standard InChI is InChI=1S/C19H20N2O3/c1-12-18(22)17(13-9-10-15(23-2)16(11-13)24-3)19(20)21(12)14-7-5-4-6-8-14/h4-12,20,22H,1-3H3. The van der Waals surface area contributed by atoms with Gasteiger partial charge in [-0.1, -0.05) is 24.3 Å². The van der Waals surface area contributed by atoms with E-state index in [0.29, 0.717) is 17.1 Å². The summed E-state index contributed by atoms with van der Waals surface area (Å²) in [5, 5.41) is 19.2. The molecule has 1 aliphatic heterocycles. The molecule has 3 rings (SSSR count). The van der Waals surface area contributed by atoms with Gasteiger partial charge in [0.1, 0.15) is 11.6 Å². The number of ether oxygens (including phenoxy) is 2. The first-order valence-corrected chi connectivity index (χ1v) is 7.67. The Kier molecular flexibility index (Phi) is 4.16. The van der Waals surface area contributed by atoms with E-state index >= 15 is 0 Å². The van der Waals surface area contributed by atoms with Crippen molar-refractivity contribution in [2.24, 2.45) is 0 Å². The maximum Gasteiger partial charge on any atom is 0.161 e. The average molecular weight is 324 g/mol. The molecular weight excluding hydrogens is 304 g/mol. The summed E-state index contributed by atoms with van der Waals surface area (Å²) in [6.45, 7) is 1.88. The molecule has 1 atom stereocenters. The van der Waals surface area contributed by atoms with Gasteiger partial charge in [-0.2, -0.15) is 0 Å². The number of amidine groups is 1. The Hall–Kier alpha value is -2.95. The Labute approximate surface area is 141 Å². The summed E-state index contributed by atoms with van der Waals surface area (Å²) in [6.07, 6.45) is 0. The van der Waals surface area contributed by atoms with Crippen molar-refractivity contribution in [3.8, 4) is 11.5 Å². The van der Waals surface area contributed by atoms with Crippen LogP contribution in [0.3, 0.4) is 0 Å². The second-order valence-corrected chi connectivity index (χ2v) is 5.56. The van der Waals surface area contributed by atoms with Crippen LogP contribution in [-0.2, 0) is 0 Å². The summed E-state index contributed by atoms with van der Waals surface area (Å²) >= 11 is 0. The molecule has 24 heavy (non-hydrogen) atoms. The van der Waals surface area contributed by atoms with Crippen molar-refractivity contribution in [3.05, 3.63) is 59.9 Å². The molecule has 2 aromatic rings. The van der Waals surface area contributed by atoms with Crippen molar-refractivity contribution in [1.29, 1.82) is 5.41 Å². The number of aliphatic hydroxyl groups excluding tert-OH is 1. The van der Waals surface area contributed by atoms with Crippen LogP contribution in [0.4, 0.5) is 5.69 Å². The topological polar surface area (TPSA) is 65.8 Å². The summed E-state index contributed by atoms with van der Waals surface area (Å²) in [7, 11) is 3.14. The van der Waals surface area contributed by atoms with Crippen LogP contribution in [0.2, 0.25) is 0 Å². The van der Waals surface area contributed by atoms with E-state index in [9.17, 15) is 5.11 Å². The van der Waals surface area contributed by atoms with Gasteiger partial charge in [0, 0.05) is 5.69 Å². The van der Waals surface area contributed by atoms with E-state index in [4.69, 9.17) is 14.9 Å². The van der Waals surface area contributed by atoms with Crippen LogP contribution >= 0.6 is 0 Å². The smallest absolute Gasteiger partial charge is 0.161 e. The van der Waals surface area contributed by atoms with E-state index in [-0.39, 0.29) is 17.6 Å². The molecule has 0 aliphatic carbocycles. The van der Waals surface area contributed by atoms with E-state index in [1.165, 1.54) is 0 Å². The predicted octanol–water partition coefficient (Wildman–Crippen LogP) is 3.86. The Morgan fingerprint density at radius 3 is 2.29 bits per heavy atom. The SMILES string of the molecule is COc1ccc(C2=C(O)C(C)N(c3ccccc3)C2=N)cc1OC. The number of anilines is 1. The molecule has 0 saturated heterocycles. The fraction of sp³-hybridized carbons (Fsp3) is 0.211. The molecule has 2 aromatic carbocycles. The molecule has 0 aromatic heterocycles. The van der Waals surface area contributed by atoms with Crippen LogP contribution in [-0.4, -0.2) is 31.2 Å². The molecule has 0 bridgehead atoms. The number of para-hydroxylation sites is 1. The van der Waals surface area contributed by atoms with Gasteiger partial charge < -0.3 is 19.5 Å². The highest BCUT2D eigenvalue weighted by Crippen LogP contribution is 2.38. The van der Waals surface area contributed by atoms with Gasteiger partial charge in [-0.15, -0.1) is 0 Å². The van der Waals surface area contributed by atoms with Gasteiger partial charge in [-0.05, 0) is 36.8 Å². The molecule has 0 radical (unpaired) electrons. The van der Waals surface area contributed by atoms with Gasteiger partial charge in [0.15, 0.2) is 11.5 Å². The zero-order valence-electron chi connectivity index (χ0n) is 13.9. The molecule has 0 amide bonds. The van der Waals surface area contributed by atoms with Crippen molar-refractivity contribution in [3.63, 3.8) is 0 Å². The number of rotatable bonds is 4. The fourth-order valence-corrected chi connectivity index (χ4v) is 2.98.